The molecule has 108 valence electrons. The summed E-state index contributed by atoms with van der Waals surface area (Å²) >= 11 is 1.66. The third-order valence-corrected chi connectivity index (χ3v) is 4.16. The molecule has 0 radical (unpaired) electrons. The lowest BCUT2D eigenvalue weighted by Gasteiger charge is -2.19. The molecule has 0 aliphatic heterocycles. The minimum atomic E-state index is -0.0986. The van der Waals surface area contributed by atoms with E-state index in [1.807, 2.05) is 11.4 Å². The summed E-state index contributed by atoms with van der Waals surface area (Å²) in [6, 6.07) is 12.8. The highest BCUT2D eigenvalue weighted by atomic mass is 32.1. The van der Waals surface area contributed by atoms with Gasteiger partial charge in [0.2, 0.25) is 0 Å². The van der Waals surface area contributed by atoms with Crippen LogP contribution in [-0.2, 0) is 0 Å². The molecular weight excluding hydrogens is 280 g/mol. The molecule has 1 atom stereocenters. The second-order valence-electron chi connectivity index (χ2n) is 5.36. The van der Waals surface area contributed by atoms with Crippen molar-refractivity contribution < 1.29 is 4.79 Å². The van der Waals surface area contributed by atoms with Crippen LogP contribution in [0.25, 0.3) is 0 Å². The average Bonchev–Trinajstić information content (AvgIpc) is 3.00. The van der Waals surface area contributed by atoms with Crippen molar-refractivity contribution in [2.75, 3.05) is 0 Å². The number of thiophene rings is 1. The van der Waals surface area contributed by atoms with Crippen LogP contribution in [0.5, 0.6) is 0 Å². The van der Waals surface area contributed by atoms with Crippen LogP contribution in [0.2, 0.25) is 0 Å². The normalized spacial score (nSPS) is 11.9. The zero-order valence-corrected chi connectivity index (χ0v) is 13.0. The van der Waals surface area contributed by atoms with Crippen molar-refractivity contribution in [3.8, 4) is 6.07 Å². The molecule has 1 N–H and O–H groups in total. The van der Waals surface area contributed by atoms with Gasteiger partial charge in [-0.15, -0.1) is 11.3 Å². The maximum atomic E-state index is 12.3. The zero-order chi connectivity index (χ0) is 15.2. The van der Waals surface area contributed by atoms with E-state index in [-0.39, 0.29) is 11.9 Å². The zero-order valence-electron chi connectivity index (χ0n) is 12.2. The summed E-state index contributed by atoms with van der Waals surface area (Å²) in [5, 5.41) is 13.9. The van der Waals surface area contributed by atoms with Crippen LogP contribution in [0.1, 0.15) is 47.1 Å². The summed E-state index contributed by atoms with van der Waals surface area (Å²) in [6.45, 7) is 4.29. The first-order chi connectivity index (χ1) is 10.1. The van der Waals surface area contributed by atoms with Gasteiger partial charge in [0.05, 0.1) is 17.7 Å². The fourth-order valence-corrected chi connectivity index (χ4v) is 2.94. The highest BCUT2D eigenvalue weighted by molar-refractivity contribution is 7.10. The highest BCUT2D eigenvalue weighted by Crippen LogP contribution is 2.25. The Labute approximate surface area is 129 Å². The van der Waals surface area contributed by atoms with Crippen molar-refractivity contribution in [2.24, 2.45) is 5.92 Å². The summed E-state index contributed by atoms with van der Waals surface area (Å²) in [6.07, 6.45) is 0.905. The Balaban J connectivity index is 2.12. The fourth-order valence-electron chi connectivity index (χ4n) is 2.14. The molecule has 0 saturated heterocycles. The SMILES string of the molecule is CC(C)C[C@@H](NC(=O)c1ccc(C#N)cc1)c1cccs1. The van der Waals surface area contributed by atoms with Crippen molar-refractivity contribution in [3.63, 3.8) is 0 Å². The molecule has 2 aromatic rings. The number of carbonyl (C=O) groups excluding carboxylic acids is 1. The van der Waals surface area contributed by atoms with Crippen LogP contribution in [0.4, 0.5) is 0 Å². The van der Waals surface area contributed by atoms with E-state index in [1.54, 1.807) is 35.6 Å². The molecule has 21 heavy (non-hydrogen) atoms. The van der Waals surface area contributed by atoms with E-state index in [9.17, 15) is 4.79 Å². The van der Waals surface area contributed by atoms with Gasteiger partial charge in [-0.2, -0.15) is 5.26 Å². The quantitative estimate of drug-likeness (QED) is 0.902. The van der Waals surface area contributed by atoms with Crippen LogP contribution >= 0.6 is 11.3 Å². The number of benzene rings is 1. The van der Waals surface area contributed by atoms with Gasteiger partial charge in [0.15, 0.2) is 0 Å². The Bertz CT molecular complexity index is 624. The molecule has 0 bridgehead atoms. The van der Waals surface area contributed by atoms with E-state index in [1.165, 1.54) is 4.88 Å². The molecule has 1 aromatic carbocycles. The van der Waals surface area contributed by atoms with Gasteiger partial charge in [-0.3, -0.25) is 4.79 Å². The molecule has 0 fully saturated rings. The van der Waals surface area contributed by atoms with E-state index in [4.69, 9.17) is 5.26 Å². The van der Waals surface area contributed by atoms with Gasteiger partial charge in [0.1, 0.15) is 0 Å². The van der Waals surface area contributed by atoms with E-state index in [0.717, 1.165) is 6.42 Å². The second-order valence-corrected chi connectivity index (χ2v) is 6.34. The molecule has 2 rings (SSSR count). The van der Waals surface area contributed by atoms with Crippen molar-refractivity contribution in [3.05, 3.63) is 57.8 Å². The molecule has 1 aromatic heterocycles. The van der Waals surface area contributed by atoms with Gasteiger partial charge in [0, 0.05) is 10.4 Å². The largest absolute Gasteiger partial charge is 0.344 e. The number of hydrogen-bond acceptors (Lipinski definition) is 3. The monoisotopic (exact) mass is 298 g/mol. The third-order valence-electron chi connectivity index (χ3n) is 3.18. The summed E-state index contributed by atoms with van der Waals surface area (Å²) in [4.78, 5) is 13.5. The first-order valence-corrected chi connectivity index (χ1v) is 7.82. The lowest BCUT2D eigenvalue weighted by atomic mass is 10.0. The maximum Gasteiger partial charge on any atom is 0.251 e. The highest BCUT2D eigenvalue weighted by Gasteiger charge is 2.17. The van der Waals surface area contributed by atoms with Gasteiger partial charge >= 0.3 is 0 Å². The van der Waals surface area contributed by atoms with Crippen molar-refractivity contribution >= 4 is 17.2 Å². The van der Waals surface area contributed by atoms with E-state index < -0.39 is 0 Å². The molecule has 0 aliphatic carbocycles. The Morgan fingerprint density at radius 1 is 1.29 bits per heavy atom. The predicted molar refractivity (Wildman–Crippen MR) is 85.1 cm³/mol. The molecule has 0 unspecified atom stereocenters. The standard InChI is InChI=1S/C17H18N2OS/c1-12(2)10-15(16-4-3-9-21-16)19-17(20)14-7-5-13(11-18)6-8-14/h3-9,12,15H,10H2,1-2H3,(H,19,20)/t15-/m1/s1. The lowest BCUT2D eigenvalue weighted by molar-refractivity contribution is 0.0933. The molecular formula is C17H18N2OS. The predicted octanol–water partition coefficient (Wildman–Crippen LogP) is 4.14. The van der Waals surface area contributed by atoms with Gasteiger partial charge in [0.25, 0.3) is 5.91 Å². The van der Waals surface area contributed by atoms with Gasteiger partial charge in [-0.05, 0) is 48.1 Å². The number of hydrogen-bond donors (Lipinski definition) is 1. The van der Waals surface area contributed by atoms with Crippen LogP contribution in [-0.4, -0.2) is 5.91 Å². The van der Waals surface area contributed by atoms with Crippen LogP contribution in [0, 0.1) is 17.2 Å². The van der Waals surface area contributed by atoms with Gasteiger partial charge in [-0.25, -0.2) is 0 Å². The summed E-state index contributed by atoms with van der Waals surface area (Å²) in [7, 11) is 0. The number of nitriles is 1. The van der Waals surface area contributed by atoms with E-state index in [2.05, 4.69) is 31.3 Å². The third kappa shape index (κ3) is 4.17. The van der Waals surface area contributed by atoms with Crippen LogP contribution in [0.3, 0.4) is 0 Å². The Morgan fingerprint density at radius 2 is 2.00 bits per heavy atom. The molecule has 1 heterocycles. The van der Waals surface area contributed by atoms with E-state index in [0.29, 0.717) is 17.0 Å². The second kappa shape index (κ2) is 7.05. The number of amides is 1. The molecule has 4 heteroatoms. The number of rotatable bonds is 5. The van der Waals surface area contributed by atoms with Crippen molar-refractivity contribution in [1.82, 2.24) is 5.32 Å². The topological polar surface area (TPSA) is 52.9 Å². The summed E-state index contributed by atoms with van der Waals surface area (Å²) < 4.78 is 0. The molecule has 0 spiro atoms. The molecule has 3 nitrogen and oxygen atoms in total. The Kier molecular flexibility index (Phi) is 5.13. The number of carbonyl (C=O) groups is 1. The summed E-state index contributed by atoms with van der Waals surface area (Å²) in [5.41, 5.74) is 1.14. The molecule has 1 amide bonds. The smallest absolute Gasteiger partial charge is 0.251 e. The first kappa shape index (κ1) is 15.3. The molecule has 0 aliphatic rings. The maximum absolute atomic E-state index is 12.3. The van der Waals surface area contributed by atoms with E-state index >= 15 is 0 Å². The Morgan fingerprint density at radius 3 is 2.52 bits per heavy atom. The first-order valence-electron chi connectivity index (χ1n) is 6.94. The number of nitrogens with one attached hydrogen (secondary N) is 1. The average molecular weight is 298 g/mol. The van der Waals surface area contributed by atoms with Crippen molar-refractivity contribution in [1.29, 1.82) is 5.26 Å². The van der Waals surface area contributed by atoms with Crippen molar-refractivity contribution in [2.45, 2.75) is 26.3 Å². The minimum Gasteiger partial charge on any atom is -0.344 e. The van der Waals surface area contributed by atoms with Crippen LogP contribution < -0.4 is 5.32 Å². The fraction of sp³-hybridized carbons (Fsp3) is 0.294. The summed E-state index contributed by atoms with van der Waals surface area (Å²) in [5.74, 6) is 0.400. The minimum absolute atomic E-state index is 0.0353. The molecule has 0 saturated carbocycles. The van der Waals surface area contributed by atoms with Crippen LogP contribution in [0.15, 0.2) is 41.8 Å². The van der Waals surface area contributed by atoms with Gasteiger partial charge in [-0.1, -0.05) is 19.9 Å². The lowest BCUT2D eigenvalue weighted by Crippen LogP contribution is -2.29. The number of nitrogens with zero attached hydrogens (tertiary/aromatic N) is 1. The van der Waals surface area contributed by atoms with Gasteiger partial charge < -0.3 is 5.32 Å². The Hall–Kier alpha value is -2.12.